The molecule has 1 atom stereocenters. The quantitative estimate of drug-likeness (QED) is 0.585. The van der Waals surface area contributed by atoms with Crippen LogP contribution in [0.4, 0.5) is 5.69 Å². The number of anilines is 1. The Morgan fingerprint density at radius 3 is 2.92 bits per heavy atom. The van der Waals surface area contributed by atoms with Gasteiger partial charge in [0.1, 0.15) is 23.1 Å². The van der Waals surface area contributed by atoms with Crippen molar-refractivity contribution in [3.63, 3.8) is 0 Å². The zero-order valence-corrected chi connectivity index (χ0v) is 13.8. The Labute approximate surface area is 141 Å². The maximum absolute atomic E-state index is 12.1. The number of carbonyl (C=O) groups is 1. The standard InChI is InChI=1S/C17H21N3O4/c1-22-13-5-6-16(23-2)15(8-13)19-10-12(9-18)17(21)20-11-14-4-3-7-24-14/h5-6,8,10,14,19H,3-4,7,11H2,1-2H3,(H,20,21)/b12-10-. The maximum atomic E-state index is 12.1. The van der Waals surface area contributed by atoms with E-state index in [9.17, 15) is 10.1 Å². The highest BCUT2D eigenvalue weighted by Crippen LogP contribution is 2.29. The number of rotatable bonds is 7. The van der Waals surface area contributed by atoms with Gasteiger partial charge in [-0.1, -0.05) is 0 Å². The average Bonchev–Trinajstić information content (AvgIpc) is 3.13. The Morgan fingerprint density at radius 2 is 2.29 bits per heavy atom. The van der Waals surface area contributed by atoms with Gasteiger partial charge in [-0.15, -0.1) is 0 Å². The molecule has 1 fully saturated rings. The summed E-state index contributed by atoms with van der Waals surface area (Å²) in [7, 11) is 3.09. The Balaban J connectivity index is 2.01. The van der Waals surface area contributed by atoms with Gasteiger partial charge < -0.3 is 24.8 Å². The van der Waals surface area contributed by atoms with Crippen LogP contribution in [0.15, 0.2) is 30.0 Å². The van der Waals surface area contributed by atoms with E-state index in [0.29, 0.717) is 23.7 Å². The minimum atomic E-state index is -0.442. The largest absolute Gasteiger partial charge is 0.497 e. The summed E-state index contributed by atoms with van der Waals surface area (Å²) in [4.78, 5) is 12.1. The van der Waals surface area contributed by atoms with Crippen molar-refractivity contribution >= 4 is 11.6 Å². The molecule has 24 heavy (non-hydrogen) atoms. The zero-order chi connectivity index (χ0) is 17.4. The number of hydrogen-bond donors (Lipinski definition) is 2. The van der Waals surface area contributed by atoms with Crippen LogP contribution < -0.4 is 20.1 Å². The van der Waals surface area contributed by atoms with Gasteiger partial charge in [-0.25, -0.2) is 0 Å². The number of methoxy groups -OCH3 is 2. The molecule has 128 valence electrons. The van der Waals surface area contributed by atoms with Gasteiger partial charge in [-0.05, 0) is 25.0 Å². The molecule has 0 saturated carbocycles. The first-order valence-electron chi connectivity index (χ1n) is 7.66. The number of ether oxygens (including phenoxy) is 3. The summed E-state index contributed by atoms with van der Waals surface area (Å²) >= 11 is 0. The van der Waals surface area contributed by atoms with Crippen LogP contribution in [0.5, 0.6) is 11.5 Å². The fraction of sp³-hybridized carbons (Fsp3) is 0.412. The van der Waals surface area contributed by atoms with Crippen molar-refractivity contribution in [1.29, 1.82) is 5.26 Å². The van der Waals surface area contributed by atoms with Crippen LogP contribution >= 0.6 is 0 Å². The summed E-state index contributed by atoms with van der Waals surface area (Å²) in [5, 5.41) is 14.8. The molecule has 0 aliphatic carbocycles. The average molecular weight is 331 g/mol. The van der Waals surface area contributed by atoms with Crippen molar-refractivity contribution in [3.8, 4) is 17.6 Å². The van der Waals surface area contributed by atoms with Crippen LogP contribution in [0.1, 0.15) is 12.8 Å². The zero-order valence-electron chi connectivity index (χ0n) is 13.8. The summed E-state index contributed by atoms with van der Waals surface area (Å²) in [6.45, 7) is 1.12. The number of nitrogens with zero attached hydrogens (tertiary/aromatic N) is 1. The van der Waals surface area contributed by atoms with E-state index in [2.05, 4.69) is 10.6 Å². The second-order valence-corrected chi connectivity index (χ2v) is 5.23. The van der Waals surface area contributed by atoms with Gasteiger partial charge in [0.2, 0.25) is 0 Å². The summed E-state index contributed by atoms with van der Waals surface area (Å²) in [6, 6.07) is 7.10. The van der Waals surface area contributed by atoms with E-state index in [0.717, 1.165) is 19.4 Å². The number of nitriles is 1. The van der Waals surface area contributed by atoms with Crippen molar-refractivity contribution in [3.05, 3.63) is 30.0 Å². The van der Waals surface area contributed by atoms with E-state index in [4.69, 9.17) is 14.2 Å². The molecule has 1 amide bonds. The van der Waals surface area contributed by atoms with Gasteiger partial charge >= 0.3 is 0 Å². The van der Waals surface area contributed by atoms with Crippen molar-refractivity contribution in [2.75, 3.05) is 32.7 Å². The van der Waals surface area contributed by atoms with Crippen LogP contribution in [-0.2, 0) is 9.53 Å². The maximum Gasteiger partial charge on any atom is 0.263 e. The SMILES string of the molecule is COc1ccc(OC)c(N/C=C(/C#N)C(=O)NCC2CCCO2)c1. The normalized spacial score (nSPS) is 17.0. The van der Waals surface area contributed by atoms with Gasteiger partial charge in [0.15, 0.2) is 0 Å². The Hall–Kier alpha value is -2.72. The van der Waals surface area contributed by atoms with E-state index >= 15 is 0 Å². The highest BCUT2D eigenvalue weighted by Gasteiger charge is 2.17. The Bertz CT molecular complexity index is 646. The number of benzene rings is 1. The van der Waals surface area contributed by atoms with Crippen molar-refractivity contribution in [2.45, 2.75) is 18.9 Å². The molecule has 1 aliphatic heterocycles. The number of amides is 1. The van der Waals surface area contributed by atoms with Gasteiger partial charge in [-0.2, -0.15) is 5.26 Å². The van der Waals surface area contributed by atoms with E-state index in [1.165, 1.54) is 13.3 Å². The van der Waals surface area contributed by atoms with Crippen LogP contribution in [0.3, 0.4) is 0 Å². The minimum absolute atomic E-state index is 0.0281. The summed E-state index contributed by atoms with van der Waals surface area (Å²) in [5.74, 6) is 0.763. The van der Waals surface area contributed by atoms with Crippen LogP contribution in [0.25, 0.3) is 0 Å². The number of carbonyl (C=O) groups excluding carboxylic acids is 1. The van der Waals surface area contributed by atoms with Crippen LogP contribution in [-0.4, -0.2) is 39.4 Å². The minimum Gasteiger partial charge on any atom is -0.497 e. The molecule has 1 saturated heterocycles. The smallest absolute Gasteiger partial charge is 0.263 e. The van der Waals surface area contributed by atoms with Gasteiger partial charge in [0.05, 0.1) is 26.0 Å². The molecular formula is C17H21N3O4. The van der Waals surface area contributed by atoms with Gasteiger partial charge in [0, 0.05) is 25.4 Å². The first-order chi connectivity index (χ1) is 11.7. The predicted octanol–water partition coefficient (Wildman–Crippen LogP) is 1.82. The second-order valence-electron chi connectivity index (χ2n) is 5.23. The molecule has 2 rings (SSSR count). The first-order valence-corrected chi connectivity index (χ1v) is 7.66. The molecule has 0 aromatic heterocycles. The fourth-order valence-electron chi connectivity index (χ4n) is 2.33. The first kappa shape index (κ1) is 17.6. The van der Waals surface area contributed by atoms with Crippen LogP contribution in [0, 0.1) is 11.3 Å². The monoisotopic (exact) mass is 331 g/mol. The molecule has 1 unspecified atom stereocenters. The molecule has 1 aromatic carbocycles. The molecule has 0 radical (unpaired) electrons. The molecule has 1 aliphatic rings. The van der Waals surface area contributed by atoms with E-state index in [1.807, 2.05) is 6.07 Å². The van der Waals surface area contributed by atoms with E-state index in [1.54, 1.807) is 25.3 Å². The van der Waals surface area contributed by atoms with Crippen LogP contribution in [0.2, 0.25) is 0 Å². The molecule has 7 heteroatoms. The van der Waals surface area contributed by atoms with Gasteiger partial charge in [0.25, 0.3) is 5.91 Å². The second kappa shape index (κ2) is 8.79. The molecule has 1 heterocycles. The lowest BCUT2D eigenvalue weighted by Gasteiger charge is -2.12. The summed E-state index contributed by atoms with van der Waals surface area (Å²) < 4.78 is 15.8. The lowest BCUT2D eigenvalue weighted by Crippen LogP contribution is -2.32. The van der Waals surface area contributed by atoms with E-state index in [-0.39, 0.29) is 11.7 Å². The summed E-state index contributed by atoms with van der Waals surface area (Å²) in [5.41, 5.74) is 0.564. The summed E-state index contributed by atoms with van der Waals surface area (Å²) in [6.07, 6.45) is 3.30. The molecular weight excluding hydrogens is 310 g/mol. The number of hydrogen-bond acceptors (Lipinski definition) is 6. The lowest BCUT2D eigenvalue weighted by molar-refractivity contribution is -0.117. The third-order valence-electron chi connectivity index (χ3n) is 3.66. The number of nitrogens with one attached hydrogen (secondary N) is 2. The topological polar surface area (TPSA) is 92.6 Å². The van der Waals surface area contributed by atoms with Crippen molar-refractivity contribution in [1.82, 2.24) is 5.32 Å². The highest BCUT2D eigenvalue weighted by atomic mass is 16.5. The molecule has 7 nitrogen and oxygen atoms in total. The third kappa shape index (κ3) is 4.64. The fourth-order valence-corrected chi connectivity index (χ4v) is 2.33. The molecule has 2 N–H and O–H groups in total. The lowest BCUT2D eigenvalue weighted by atomic mass is 10.2. The Kier molecular flexibility index (Phi) is 6.46. The third-order valence-corrected chi connectivity index (χ3v) is 3.66. The van der Waals surface area contributed by atoms with Gasteiger partial charge in [-0.3, -0.25) is 4.79 Å². The highest BCUT2D eigenvalue weighted by molar-refractivity contribution is 5.97. The predicted molar refractivity (Wildman–Crippen MR) is 88.8 cm³/mol. The van der Waals surface area contributed by atoms with Crippen molar-refractivity contribution in [2.24, 2.45) is 0 Å². The Morgan fingerprint density at radius 1 is 1.46 bits per heavy atom. The molecule has 1 aromatic rings. The molecule has 0 bridgehead atoms. The molecule has 0 spiro atoms. The van der Waals surface area contributed by atoms with E-state index < -0.39 is 5.91 Å². The van der Waals surface area contributed by atoms with Crippen molar-refractivity contribution < 1.29 is 19.0 Å².